The van der Waals surface area contributed by atoms with Crippen molar-refractivity contribution in [1.82, 2.24) is 10.3 Å². The molecule has 1 aromatic carbocycles. The van der Waals surface area contributed by atoms with E-state index in [4.69, 9.17) is 4.74 Å². The SMILES string of the molecule is CSc1ccc([N+](=O)[O-])c(Nc2cccc(CNC(=O)OC(C)(C)C)c2)n1. The topological polar surface area (TPSA) is 106 Å². The molecule has 8 nitrogen and oxygen atoms in total. The number of alkyl carbamates (subject to hydrolysis) is 1. The van der Waals surface area contributed by atoms with Crippen LogP contribution in [0.1, 0.15) is 26.3 Å². The average Bonchev–Trinajstić information content (AvgIpc) is 2.58. The summed E-state index contributed by atoms with van der Waals surface area (Å²) in [6.07, 6.45) is 1.34. The van der Waals surface area contributed by atoms with Gasteiger partial charge in [0, 0.05) is 18.3 Å². The summed E-state index contributed by atoms with van der Waals surface area (Å²) < 4.78 is 5.20. The summed E-state index contributed by atoms with van der Waals surface area (Å²) in [7, 11) is 0. The van der Waals surface area contributed by atoms with Crippen LogP contribution in [0.15, 0.2) is 41.4 Å². The lowest BCUT2D eigenvalue weighted by molar-refractivity contribution is -0.384. The fourth-order valence-corrected chi connectivity index (χ4v) is 2.56. The monoisotopic (exact) mass is 390 g/mol. The Balaban J connectivity index is 2.12. The van der Waals surface area contributed by atoms with Gasteiger partial charge in [-0.2, -0.15) is 0 Å². The molecular weight excluding hydrogens is 368 g/mol. The predicted octanol–water partition coefficient (Wildman–Crippen LogP) is 4.48. The molecule has 9 heteroatoms. The van der Waals surface area contributed by atoms with Crippen LogP contribution in [0.2, 0.25) is 0 Å². The van der Waals surface area contributed by atoms with Gasteiger partial charge in [0.1, 0.15) is 5.60 Å². The second-order valence-electron chi connectivity index (χ2n) is 6.66. The maximum atomic E-state index is 11.8. The number of nitro groups is 1. The number of nitrogens with zero attached hydrogens (tertiary/aromatic N) is 2. The van der Waals surface area contributed by atoms with Crippen molar-refractivity contribution in [2.24, 2.45) is 0 Å². The van der Waals surface area contributed by atoms with Gasteiger partial charge in [-0.3, -0.25) is 10.1 Å². The van der Waals surface area contributed by atoms with Gasteiger partial charge in [0.25, 0.3) is 0 Å². The third-order valence-electron chi connectivity index (χ3n) is 3.28. The molecule has 27 heavy (non-hydrogen) atoms. The number of hydrogen-bond donors (Lipinski definition) is 2. The quantitative estimate of drug-likeness (QED) is 0.425. The predicted molar refractivity (Wildman–Crippen MR) is 105 cm³/mol. The van der Waals surface area contributed by atoms with Crippen LogP contribution in [0.25, 0.3) is 0 Å². The Kier molecular flexibility index (Phi) is 6.62. The van der Waals surface area contributed by atoms with E-state index in [9.17, 15) is 14.9 Å². The molecule has 1 aromatic heterocycles. The van der Waals surface area contributed by atoms with Crippen molar-refractivity contribution in [2.75, 3.05) is 11.6 Å². The summed E-state index contributed by atoms with van der Waals surface area (Å²) in [5.41, 5.74) is 0.771. The van der Waals surface area contributed by atoms with Crippen molar-refractivity contribution in [1.29, 1.82) is 0 Å². The molecule has 144 valence electrons. The fourth-order valence-electron chi connectivity index (χ4n) is 2.17. The first-order valence-electron chi connectivity index (χ1n) is 8.20. The molecule has 2 N–H and O–H groups in total. The fraction of sp³-hybridized carbons (Fsp3) is 0.333. The van der Waals surface area contributed by atoms with E-state index in [1.807, 2.05) is 12.3 Å². The molecule has 0 aliphatic heterocycles. The first-order valence-corrected chi connectivity index (χ1v) is 9.42. The van der Waals surface area contributed by atoms with E-state index in [0.717, 1.165) is 5.56 Å². The Labute approximate surface area is 161 Å². The number of carbonyl (C=O) groups is 1. The maximum Gasteiger partial charge on any atom is 0.407 e. The lowest BCUT2D eigenvalue weighted by atomic mass is 10.2. The second-order valence-corrected chi connectivity index (χ2v) is 7.49. The largest absolute Gasteiger partial charge is 0.444 e. The lowest BCUT2D eigenvalue weighted by Crippen LogP contribution is -2.32. The van der Waals surface area contributed by atoms with E-state index in [-0.39, 0.29) is 18.1 Å². The Hall–Kier alpha value is -2.81. The highest BCUT2D eigenvalue weighted by Crippen LogP contribution is 2.28. The van der Waals surface area contributed by atoms with Gasteiger partial charge in [0.05, 0.1) is 9.95 Å². The summed E-state index contributed by atoms with van der Waals surface area (Å²) in [6.45, 7) is 5.64. The standard InChI is InChI=1S/C18H22N4O4S/c1-18(2,3)26-17(23)19-11-12-6-5-7-13(10-12)20-16-14(22(24)25)8-9-15(21-16)27-4/h5-10H,11H2,1-4H3,(H,19,23)(H,20,21). The van der Waals surface area contributed by atoms with Gasteiger partial charge in [-0.05, 0) is 50.8 Å². The third kappa shape index (κ3) is 6.45. The van der Waals surface area contributed by atoms with Gasteiger partial charge in [0.2, 0.25) is 5.82 Å². The minimum Gasteiger partial charge on any atom is -0.444 e. The Morgan fingerprint density at radius 2 is 2.04 bits per heavy atom. The molecule has 0 saturated heterocycles. The van der Waals surface area contributed by atoms with Crippen LogP contribution in [-0.2, 0) is 11.3 Å². The molecule has 0 unspecified atom stereocenters. The number of aromatic nitrogens is 1. The molecule has 1 heterocycles. The van der Waals surface area contributed by atoms with Crippen molar-refractivity contribution in [3.63, 3.8) is 0 Å². The van der Waals surface area contributed by atoms with E-state index in [2.05, 4.69) is 15.6 Å². The zero-order valence-electron chi connectivity index (χ0n) is 15.6. The van der Waals surface area contributed by atoms with Crippen molar-refractivity contribution in [3.05, 3.63) is 52.1 Å². The van der Waals surface area contributed by atoms with E-state index < -0.39 is 16.6 Å². The molecule has 0 radical (unpaired) electrons. The van der Waals surface area contributed by atoms with Gasteiger partial charge >= 0.3 is 11.8 Å². The van der Waals surface area contributed by atoms with Gasteiger partial charge in [-0.25, -0.2) is 9.78 Å². The van der Waals surface area contributed by atoms with Crippen LogP contribution in [0.5, 0.6) is 0 Å². The van der Waals surface area contributed by atoms with Crippen LogP contribution >= 0.6 is 11.8 Å². The molecule has 1 amide bonds. The minimum absolute atomic E-state index is 0.106. The maximum absolute atomic E-state index is 11.8. The summed E-state index contributed by atoms with van der Waals surface area (Å²) in [6, 6.07) is 10.2. The van der Waals surface area contributed by atoms with Gasteiger partial charge in [-0.1, -0.05) is 12.1 Å². The summed E-state index contributed by atoms with van der Waals surface area (Å²) in [5, 5.41) is 17.6. The van der Waals surface area contributed by atoms with Crippen LogP contribution < -0.4 is 10.6 Å². The average molecular weight is 390 g/mol. The number of nitrogens with one attached hydrogen (secondary N) is 2. The summed E-state index contributed by atoms with van der Waals surface area (Å²) >= 11 is 1.40. The summed E-state index contributed by atoms with van der Waals surface area (Å²) in [5.74, 6) is 0.170. The number of rotatable bonds is 6. The number of anilines is 2. The van der Waals surface area contributed by atoms with E-state index >= 15 is 0 Å². The van der Waals surface area contributed by atoms with E-state index in [1.165, 1.54) is 17.8 Å². The highest BCUT2D eigenvalue weighted by atomic mass is 32.2. The number of hydrogen-bond acceptors (Lipinski definition) is 7. The highest BCUT2D eigenvalue weighted by molar-refractivity contribution is 7.98. The van der Waals surface area contributed by atoms with Crippen LogP contribution in [0.4, 0.5) is 22.0 Å². The number of benzene rings is 1. The van der Waals surface area contributed by atoms with Crippen molar-refractivity contribution in [2.45, 2.75) is 37.9 Å². The third-order valence-corrected chi connectivity index (χ3v) is 3.93. The Bertz CT molecular complexity index is 836. The lowest BCUT2D eigenvalue weighted by Gasteiger charge is -2.19. The molecule has 0 aliphatic carbocycles. The molecule has 0 aliphatic rings. The molecule has 0 saturated carbocycles. The molecule has 0 bridgehead atoms. The van der Waals surface area contributed by atoms with Gasteiger partial charge in [0.15, 0.2) is 0 Å². The molecule has 0 spiro atoms. The van der Waals surface area contributed by atoms with Crippen molar-refractivity contribution < 1.29 is 14.5 Å². The smallest absolute Gasteiger partial charge is 0.407 e. The zero-order chi connectivity index (χ0) is 20.0. The van der Waals surface area contributed by atoms with E-state index in [0.29, 0.717) is 10.7 Å². The molecule has 0 fully saturated rings. The number of thioether (sulfide) groups is 1. The van der Waals surface area contributed by atoms with Crippen LogP contribution in [-0.4, -0.2) is 27.9 Å². The van der Waals surface area contributed by atoms with Crippen molar-refractivity contribution in [3.8, 4) is 0 Å². The van der Waals surface area contributed by atoms with Crippen molar-refractivity contribution >= 4 is 35.0 Å². The first-order chi connectivity index (χ1) is 12.7. The first kappa shape index (κ1) is 20.5. The van der Waals surface area contributed by atoms with Crippen LogP contribution in [0.3, 0.4) is 0 Å². The molecular formula is C18H22N4O4S. The number of ether oxygens (including phenoxy) is 1. The van der Waals surface area contributed by atoms with Crippen LogP contribution in [0, 0.1) is 10.1 Å². The minimum atomic E-state index is -0.569. The molecule has 0 atom stereocenters. The number of pyridine rings is 1. The Morgan fingerprint density at radius 1 is 1.30 bits per heavy atom. The van der Waals surface area contributed by atoms with E-state index in [1.54, 1.807) is 45.0 Å². The Morgan fingerprint density at radius 3 is 2.67 bits per heavy atom. The number of carbonyl (C=O) groups excluding carboxylic acids is 1. The van der Waals surface area contributed by atoms with Gasteiger partial charge < -0.3 is 15.4 Å². The second kappa shape index (κ2) is 8.72. The van der Waals surface area contributed by atoms with Gasteiger partial charge in [-0.15, -0.1) is 11.8 Å². The normalized spacial score (nSPS) is 11.0. The highest BCUT2D eigenvalue weighted by Gasteiger charge is 2.17. The molecule has 2 aromatic rings. The summed E-state index contributed by atoms with van der Waals surface area (Å²) in [4.78, 5) is 26.8. The molecule has 2 rings (SSSR count). The number of amides is 1. The zero-order valence-corrected chi connectivity index (χ0v) is 16.4.